The molecule has 0 bridgehead atoms. The van der Waals surface area contributed by atoms with E-state index in [4.69, 9.17) is 20.4 Å². The summed E-state index contributed by atoms with van der Waals surface area (Å²) in [7, 11) is 1.60. The van der Waals surface area contributed by atoms with Crippen LogP contribution in [0.25, 0.3) is 39.5 Å². The van der Waals surface area contributed by atoms with Gasteiger partial charge in [-0.2, -0.15) is 0 Å². The highest BCUT2D eigenvalue weighted by atomic mass is 16.5. The third-order valence-corrected chi connectivity index (χ3v) is 5.21. The van der Waals surface area contributed by atoms with Gasteiger partial charge in [0.05, 0.1) is 31.2 Å². The third kappa shape index (κ3) is 5.34. The monoisotopic (exact) mass is 484 g/mol. The Morgan fingerprint density at radius 1 is 0.944 bits per heavy atom. The molecule has 0 aliphatic heterocycles. The molecule has 8 nitrogen and oxygen atoms in total. The lowest BCUT2D eigenvalue weighted by Gasteiger charge is -2.11. The fourth-order valence-electron chi connectivity index (χ4n) is 3.57. The zero-order valence-electron chi connectivity index (χ0n) is 21.3. The van der Waals surface area contributed by atoms with Crippen LogP contribution in [0.3, 0.4) is 0 Å². The summed E-state index contributed by atoms with van der Waals surface area (Å²) in [5.41, 5.74) is 11.5. The number of rotatable bonds is 5. The van der Waals surface area contributed by atoms with E-state index in [0.29, 0.717) is 34.1 Å². The Hall–Kier alpha value is -4.30. The molecule has 4 heterocycles. The Morgan fingerprint density at radius 3 is 2.36 bits per heavy atom. The fraction of sp³-hybridized carbons (Fsp3) is 0.214. The zero-order chi connectivity index (χ0) is 26.1. The number of imidazole rings is 1. The predicted octanol–water partition coefficient (Wildman–Crippen LogP) is 5.68. The van der Waals surface area contributed by atoms with Crippen molar-refractivity contribution in [2.24, 2.45) is 0 Å². The molecule has 4 aromatic heterocycles. The molecule has 5 aromatic rings. The molecule has 3 N–H and O–H groups in total. The first-order valence-electron chi connectivity index (χ1n) is 12.0. The largest absolute Gasteiger partial charge is 0.495 e. The van der Waals surface area contributed by atoms with E-state index < -0.39 is 0 Å². The minimum absolute atomic E-state index is 0.0292. The van der Waals surface area contributed by atoms with Gasteiger partial charge in [0.15, 0.2) is 11.5 Å². The summed E-state index contributed by atoms with van der Waals surface area (Å²) in [4.78, 5) is 18.2. The van der Waals surface area contributed by atoms with E-state index in [1.54, 1.807) is 25.7 Å². The van der Waals surface area contributed by atoms with E-state index in [1.165, 1.54) is 0 Å². The van der Waals surface area contributed by atoms with Crippen molar-refractivity contribution < 1.29 is 9.84 Å². The maximum atomic E-state index is 9.43. The summed E-state index contributed by atoms with van der Waals surface area (Å²) in [5.74, 6) is 1.67. The van der Waals surface area contributed by atoms with E-state index in [-0.39, 0.29) is 6.61 Å². The Morgan fingerprint density at radius 2 is 1.69 bits per heavy atom. The van der Waals surface area contributed by atoms with Crippen molar-refractivity contribution in [3.63, 3.8) is 0 Å². The first-order valence-corrected chi connectivity index (χ1v) is 12.0. The predicted molar refractivity (Wildman–Crippen MR) is 145 cm³/mol. The number of aromatic nitrogens is 5. The quantitative estimate of drug-likeness (QED) is 0.330. The average Bonchev–Trinajstić information content (AvgIpc) is 3.34. The van der Waals surface area contributed by atoms with Crippen LogP contribution >= 0.6 is 0 Å². The molecule has 0 atom stereocenters. The second-order valence-electron chi connectivity index (χ2n) is 7.18. The van der Waals surface area contributed by atoms with Gasteiger partial charge in [-0.3, -0.25) is 9.55 Å². The second-order valence-corrected chi connectivity index (χ2v) is 7.18. The Labute approximate surface area is 211 Å². The molecule has 0 aliphatic carbocycles. The lowest BCUT2D eigenvalue weighted by atomic mass is 10.2. The van der Waals surface area contributed by atoms with Crippen LogP contribution in [-0.4, -0.2) is 36.7 Å². The van der Waals surface area contributed by atoms with Crippen LogP contribution in [0.5, 0.6) is 5.75 Å². The number of aliphatic hydroxyl groups excluding tert-OH is 1. The van der Waals surface area contributed by atoms with Crippen LogP contribution < -0.4 is 10.5 Å². The summed E-state index contributed by atoms with van der Waals surface area (Å²) >= 11 is 0. The van der Waals surface area contributed by atoms with Gasteiger partial charge in [0.1, 0.15) is 17.1 Å². The van der Waals surface area contributed by atoms with Crippen LogP contribution in [0.4, 0.5) is 5.82 Å². The molecule has 0 unspecified atom stereocenters. The molecular weight excluding hydrogens is 452 g/mol. The van der Waals surface area contributed by atoms with Gasteiger partial charge in [-0.15, -0.1) is 0 Å². The van der Waals surface area contributed by atoms with Gasteiger partial charge in [-0.25, -0.2) is 15.0 Å². The fourth-order valence-corrected chi connectivity index (χ4v) is 3.57. The first kappa shape index (κ1) is 26.3. The van der Waals surface area contributed by atoms with Crippen LogP contribution in [0.15, 0.2) is 73.2 Å². The number of ether oxygens (including phenoxy) is 1. The van der Waals surface area contributed by atoms with Crippen molar-refractivity contribution in [2.75, 3.05) is 12.8 Å². The number of methoxy groups -OCH3 is 1. The molecule has 8 heteroatoms. The van der Waals surface area contributed by atoms with E-state index in [2.05, 4.69) is 9.97 Å². The number of benzene rings is 1. The number of hydrogen-bond donors (Lipinski definition) is 2. The molecule has 0 saturated heterocycles. The molecule has 0 amide bonds. The van der Waals surface area contributed by atoms with Crippen LogP contribution in [0.1, 0.15) is 33.3 Å². The Bertz CT molecular complexity index is 1410. The van der Waals surface area contributed by atoms with Crippen molar-refractivity contribution in [1.82, 2.24) is 24.5 Å². The highest BCUT2D eigenvalue weighted by molar-refractivity contribution is 5.84. The van der Waals surface area contributed by atoms with E-state index in [9.17, 15) is 5.11 Å². The maximum Gasteiger partial charge on any atom is 0.165 e. The van der Waals surface area contributed by atoms with Crippen molar-refractivity contribution in [2.45, 2.75) is 34.3 Å². The molecule has 0 aliphatic rings. The highest BCUT2D eigenvalue weighted by Crippen LogP contribution is 2.32. The SMILES string of the molecule is CC.CC.COc1cncc(-c2ccc3nc(-c4cccnc4N)n(-c4ccc(CO)cc4)c3n2)c1. The molecular formula is C28H32N6O2. The number of aliphatic hydroxyl groups is 1. The first-order chi connectivity index (χ1) is 17.7. The number of nitrogens with zero attached hydrogens (tertiary/aromatic N) is 5. The molecule has 1 aromatic carbocycles. The Balaban J connectivity index is 0.000000861. The number of anilines is 1. The number of hydrogen-bond acceptors (Lipinski definition) is 7. The van der Waals surface area contributed by atoms with Gasteiger partial charge >= 0.3 is 0 Å². The van der Waals surface area contributed by atoms with Crippen LogP contribution in [-0.2, 0) is 6.61 Å². The second kappa shape index (κ2) is 12.4. The van der Waals surface area contributed by atoms with Crippen molar-refractivity contribution in [3.05, 3.63) is 78.8 Å². The molecule has 0 saturated carbocycles. The van der Waals surface area contributed by atoms with Gasteiger partial charge in [0, 0.05) is 23.6 Å². The average molecular weight is 485 g/mol. The Kier molecular flexibility index (Phi) is 9.07. The van der Waals surface area contributed by atoms with E-state index in [1.807, 2.05) is 86.9 Å². The molecule has 0 radical (unpaired) electrons. The van der Waals surface area contributed by atoms with Gasteiger partial charge in [-0.05, 0) is 48.0 Å². The number of nitrogens with two attached hydrogens (primary N) is 1. The van der Waals surface area contributed by atoms with E-state index >= 15 is 0 Å². The molecule has 5 rings (SSSR count). The molecule has 36 heavy (non-hydrogen) atoms. The lowest BCUT2D eigenvalue weighted by Crippen LogP contribution is -2.02. The summed E-state index contributed by atoms with van der Waals surface area (Å²) < 4.78 is 7.25. The van der Waals surface area contributed by atoms with Gasteiger partial charge in [0.2, 0.25) is 0 Å². The molecule has 0 fully saturated rings. The standard InChI is InChI=1S/C24H20N6O2.2C2H6/c1-32-18-11-16(12-26-13-18)20-8-9-21-24(28-20)30(17-6-4-15(14-31)5-7-17)23(29-21)19-3-2-10-27-22(19)25;2*1-2/h2-13,31H,14H2,1H3,(H2,25,27);2*1-2H3. The van der Waals surface area contributed by atoms with Gasteiger partial charge in [0.25, 0.3) is 0 Å². The third-order valence-electron chi connectivity index (χ3n) is 5.21. The van der Waals surface area contributed by atoms with Crippen molar-refractivity contribution in [1.29, 1.82) is 0 Å². The topological polar surface area (TPSA) is 112 Å². The van der Waals surface area contributed by atoms with Gasteiger partial charge < -0.3 is 15.6 Å². The normalized spacial score (nSPS) is 10.2. The van der Waals surface area contributed by atoms with E-state index in [0.717, 1.165) is 22.5 Å². The number of fused-ring (bicyclic) bond motifs is 1. The van der Waals surface area contributed by atoms with Crippen LogP contribution in [0, 0.1) is 0 Å². The maximum absolute atomic E-state index is 9.43. The van der Waals surface area contributed by atoms with Crippen molar-refractivity contribution in [3.8, 4) is 34.1 Å². The summed E-state index contributed by atoms with van der Waals surface area (Å²) in [6.45, 7) is 7.97. The highest BCUT2D eigenvalue weighted by Gasteiger charge is 2.18. The van der Waals surface area contributed by atoms with Crippen LogP contribution in [0.2, 0.25) is 0 Å². The lowest BCUT2D eigenvalue weighted by molar-refractivity contribution is 0.282. The number of pyridine rings is 3. The smallest absolute Gasteiger partial charge is 0.165 e. The molecule has 0 spiro atoms. The van der Waals surface area contributed by atoms with Gasteiger partial charge in [-0.1, -0.05) is 39.8 Å². The number of nitrogen functional groups attached to an aromatic ring is 1. The molecule has 186 valence electrons. The van der Waals surface area contributed by atoms with Crippen molar-refractivity contribution >= 4 is 17.0 Å². The summed E-state index contributed by atoms with van der Waals surface area (Å²) in [5, 5.41) is 9.43. The summed E-state index contributed by atoms with van der Waals surface area (Å²) in [6, 6.07) is 17.0. The summed E-state index contributed by atoms with van der Waals surface area (Å²) in [6.07, 6.45) is 5.04. The minimum atomic E-state index is -0.0292. The minimum Gasteiger partial charge on any atom is -0.495 e. The zero-order valence-corrected chi connectivity index (χ0v) is 21.3.